The van der Waals surface area contributed by atoms with Gasteiger partial charge >= 0.3 is 5.97 Å². The van der Waals surface area contributed by atoms with Crippen LogP contribution in [-0.4, -0.2) is 46.9 Å². The van der Waals surface area contributed by atoms with Crippen molar-refractivity contribution in [3.05, 3.63) is 35.4 Å². The van der Waals surface area contributed by atoms with Crippen LogP contribution in [-0.2, 0) is 4.79 Å². The predicted octanol–water partition coefficient (Wildman–Crippen LogP) is 1.91. The second kappa shape index (κ2) is 7.76. The van der Waals surface area contributed by atoms with Crippen molar-refractivity contribution in [3.63, 3.8) is 0 Å². The minimum absolute atomic E-state index is 0.00922. The molecule has 0 saturated carbocycles. The predicted molar refractivity (Wildman–Crippen MR) is 85.4 cm³/mol. The highest BCUT2D eigenvalue weighted by Crippen LogP contribution is 2.15. The second-order valence-corrected chi connectivity index (χ2v) is 5.79. The molecule has 2 amide bonds. The summed E-state index contributed by atoms with van der Waals surface area (Å²) in [5, 5.41) is 11.9. The normalized spacial score (nSPS) is 17.6. The third-order valence-corrected chi connectivity index (χ3v) is 3.93. The minimum Gasteiger partial charge on any atom is -0.478 e. The lowest BCUT2D eigenvalue weighted by atomic mass is 10.0. The van der Waals surface area contributed by atoms with Crippen molar-refractivity contribution < 1.29 is 19.5 Å². The number of likely N-dealkylation sites (tertiary alicyclic amines) is 1. The zero-order valence-electron chi connectivity index (χ0n) is 13.2. The van der Waals surface area contributed by atoms with Crippen LogP contribution in [0.3, 0.4) is 0 Å². The van der Waals surface area contributed by atoms with E-state index in [0.29, 0.717) is 25.1 Å². The van der Waals surface area contributed by atoms with E-state index in [4.69, 9.17) is 5.11 Å². The molecule has 0 aliphatic carbocycles. The molecule has 1 saturated heterocycles. The molecule has 0 radical (unpaired) electrons. The number of hydrogen-bond donors (Lipinski definition) is 2. The largest absolute Gasteiger partial charge is 0.478 e. The lowest BCUT2D eigenvalue weighted by molar-refractivity contribution is -0.122. The third-order valence-electron chi connectivity index (χ3n) is 3.93. The molecule has 124 valence electrons. The van der Waals surface area contributed by atoms with Crippen LogP contribution < -0.4 is 5.32 Å². The van der Waals surface area contributed by atoms with Gasteiger partial charge in [0.15, 0.2) is 0 Å². The Morgan fingerprint density at radius 2 is 1.87 bits per heavy atom. The summed E-state index contributed by atoms with van der Waals surface area (Å²) in [7, 11) is 0. The van der Waals surface area contributed by atoms with Crippen LogP contribution in [0.2, 0.25) is 0 Å². The number of benzene rings is 1. The Morgan fingerprint density at radius 1 is 1.22 bits per heavy atom. The van der Waals surface area contributed by atoms with Gasteiger partial charge in [0, 0.05) is 31.1 Å². The van der Waals surface area contributed by atoms with E-state index >= 15 is 0 Å². The van der Waals surface area contributed by atoms with Crippen molar-refractivity contribution in [2.24, 2.45) is 0 Å². The number of nitrogens with one attached hydrogen (secondary N) is 1. The van der Waals surface area contributed by atoms with Gasteiger partial charge in [0.25, 0.3) is 5.91 Å². The monoisotopic (exact) mass is 318 g/mol. The fraction of sp³-hybridized carbons (Fsp3) is 0.471. The van der Waals surface area contributed by atoms with E-state index < -0.39 is 5.97 Å². The molecule has 6 heteroatoms. The van der Waals surface area contributed by atoms with E-state index in [1.54, 1.807) is 4.90 Å². The summed E-state index contributed by atoms with van der Waals surface area (Å²) in [6.45, 7) is 3.10. The molecule has 1 atom stereocenters. The highest BCUT2D eigenvalue weighted by molar-refractivity contribution is 5.96. The lowest BCUT2D eigenvalue weighted by Gasteiger charge is -2.33. The van der Waals surface area contributed by atoms with Gasteiger partial charge in [-0.2, -0.15) is 0 Å². The number of carboxylic acids is 1. The van der Waals surface area contributed by atoms with Gasteiger partial charge in [0.05, 0.1) is 5.56 Å². The summed E-state index contributed by atoms with van der Waals surface area (Å²) in [5.74, 6) is -1.12. The molecule has 1 unspecified atom stereocenters. The zero-order chi connectivity index (χ0) is 16.8. The molecule has 0 aromatic heterocycles. The van der Waals surface area contributed by atoms with Gasteiger partial charge in [-0.3, -0.25) is 9.59 Å². The molecule has 1 aliphatic rings. The minimum atomic E-state index is -1.01. The van der Waals surface area contributed by atoms with Crippen LogP contribution >= 0.6 is 0 Å². The van der Waals surface area contributed by atoms with Gasteiger partial charge in [0.2, 0.25) is 5.91 Å². The fourth-order valence-corrected chi connectivity index (χ4v) is 2.74. The second-order valence-electron chi connectivity index (χ2n) is 5.79. The number of carboxylic acid groups (broad SMARTS) is 1. The maximum atomic E-state index is 12.5. The number of rotatable bonds is 5. The molecular weight excluding hydrogens is 296 g/mol. The summed E-state index contributed by atoms with van der Waals surface area (Å²) >= 11 is 0. The molecule has 0 bridgehead atoms. The van der Waals surface area contributed by atoms with E-state index in [9.17, 15) is 14.4 Å². The standard InChI is InChI=1S/C17H22N2O4/c1-2-4-15(20)18-14-5-3-10-19(11-14)16(21)12-6-8-13(9-7-12)17(22)23/h6-9,14H,2-5,10-11H2,1H3,(H,18,20)(H,22,23). The number of piperidine rings is 1. The molecule has 1 aromatic rings. The van der Waals surface area contributed by atoms with E-state index in [2.05, 4.69) is 5.32 Å². The average Bonchev–Trinajstić information content (AvgIpc) is 2.54. The number of nitrogens with zero attached hydrogens (tertiary/aromatic N) is 1. The number of amides is 2. The molecule has 1 fully saturated rings. The molecule has 0 spiro atoms. The van der Waals surface area contributed by atoms with Crippen LogP contribution in [0.25, 0.3) is 0 Å². The molecule has 23 heavy (non-hydrogen) atoms. The quantitative estimate of drug-likeness (QED) is 0.868. The van der Waals surface area contributed by atoms with Crippen LogP contribution in [0.4, 0.5) is 0 Å². The van der Waals surface area contributed by atoms with Gasteiger partial charge in [-0.1, -0.05) is 6.92 Å². The van der Waals surface area contributed by atoms with Crippen molar-refractivity contribution in [1.82, 2.24) is 10.2 Å². The summed E-state index contributed by atoms with van der Waals surface area (Å²) < 4.78 is 0. The molecule has 1 aliphatic heterocycles. The number of carbonyl (C=O) groups excluding carboxylic acids is 2. The van der Waals surface area contributed by atoms with Gasteiger partial charge in [-0.25, -0.2) is 4.79 Å². The van der Waals surface area contributed by atoms with Crippen LogP contribution in [0.15, 0.2) is 24.3 Å². The van der Waals surface area contributed by atoms with Crippen molar-refractivity contribution in [2.75, 3.05) is 13.1 Å². The van der Waals surface area contributed by atoms with Crippen molar-refractivity contribution in [1.29, 1.82) is 0 Å². The topological polar surface area (TPSA) is 86.7 Å². The Balaban J connectivity index is 1.98. The summed E-state index contributed by atoms with van der Waals surface area (Å²) in [6.07, 6.45) is 3.02. The molecule has 1 aromatic carbocycles. The highest BCUT2D eigenvalue weighted by Gasteiger charge is 2.25. The Bertz CT molecular complexity index is 583. The smallest absolute Gasteiger partial charge is 0.335 e. The fourth-order valence-electron chi connectivity index (χ4n) is 2.74. The van der Waals surface area contributed by atoms with E-state index in [1.807, 2.05) is 6.92 Å². The Kier molecular flexibility index (Phi) is 5.73. The van der Waals surface area contributed by atoms with Crippen molar-refractivity contribution in [3.8, 4) is 0 Å². The molecule has 6 nitrogen and oxygen atoms in total. The van der Waals surface area contributed by atoms with Crippen molar-refractivity contribution in [2.45, 2.75) is 38.6 Å². The van der Waals surface area contributed by atoms with Gasteiger partial charge < -0.3 is 15.3 Å². The first kappa shape index (κ1) is 17.0. The van der Waals surface area contributed by atoms with Crippen LogP contribution in [0.1, 0.15) is 53.3 Å². The summed E-state index contributed by atoms with van der Waals surface area (Å²) in [4.78, 5) is 36.8. The molecule has 2 N–H and O–H groups in total. The summed E-state index contributed by atoms with van der Waals surface area (Å²) in [5.41, 5.74) is 0.625. The van der Waals surface area contributed by atoms with Crippen molar-refractivity contribution >= 4 is 17.8 Å². The first-order valence-corrected chi connectivity index (χ1v) is 7.93. The molecule has 2 rings (SSSR count). The highest BCUT2D eigenvalue weighted by atomic mass is 16.4. The first-order chi connectivity index (χ1) is 11.0. The van der Waals surface area contributed by atoms with Crippen LogP contribution in [0.5, 0.6) is 0 Å². The number of aromatic carboxylic acids is 1. The van der Waals surface area contributed by atoms with Gasteiger partial charge in [-0.15, -0.1) is 0 Å². The SMILES string of the molecule is CCCC(=O)NC1CCCN(C(=O)c2ccc(C(=O)O)cc2)C1. The average molecular weight is 318 g/mol. The van der Waals surface area contributed by atoms with Gasteiger partial charge in [-0.05, 0) is 43.5 Å². The first-order valence-electron chi connectivity index (χ1n) is 7.93. The lowest BCUT2D eigenvalue weighted by Crippen LogP contribution is -2.49. The maximum absolute atomic E-state index is 12.5. The Morgan fingerprint density at radius 3 is 2.48 bits per heavy atom. The number of carbonyl (C=O) groups is 3. The third kappa shape index (κ3) is 4.55. The zero-order valence-corrected chi connectivity index (χ0v) is 13.2. The van der Waals surface area contributed by atoms with Crippen LogP contribution in [0, 0.1) is 0 Å². The Labute approximate surface area is 135 Å². The van der Waals surface area contributed by atoms with E-state index in [1.165, 1.54) is 24.3 Å². The molecular formula is C17H22N2O4. The maximum Gasteiger partial charge on any atom is 0.335 e. The van der Waals surface area contributed by atoms with E-state index in [-0.39, 0.29) is 23.4 Å². The Hall–Kier alpha value is -2.37. The van der Waals surface area contributed by atoms with Gasteiger partial charge in [0.1, 0.15) is 0 Å². The van der Waals surface area contributed by atoms with E-state index in [0.717, 1.165) is 19.3 Å². The number of hydrogen-bond acceptors (Lipinski definition) is 3. The molecule has 1 heterocycles. The summed E-state index contributed by atoms with van der Waals surface area (Å²) in [6, 6.07) is 5.92.